The van der Waals surface area contributed by atoms with Crippen LogP contribution in [0.25, 0.3) is 0 Å². The molecular weight excluding hydrogens is 350 g/mol. The fourth-order valence-corrected chi connectivity index (χ4v) is 15.8. The van der Waals surface area contributed by atoms with E-state index in [1.807, 2.05) is 13.8 Å². The Labute approximate surface area is 170 Å². The van der Waals surface area contributed by atoms with Gasteiger partial charge in [0.1, 0.15) is 5.60 Å². The summed E-state index contributed by atoms with van der Waals surface area (Å²) in [5.74, 6) is 0. The summed E-state index contributed by atoms with van der Waals surface area (Å²) in [6.45, 7) is 6.17. The van der Waals surface area contributed by atoms with E-state index in [2.05, 4.69) is 6.92 Å². The normalized spacial score (nSPS) is 27.4. The van der Waals surface area contributed by atoms with Crippen molar-refractivity contribution in [3.63, 3.8) is 0 Å². The van der Waals surface area contributed by atoms with Gasteiger partial charge in [0.2, 0.25) is 0 Å². The highest BCUT2D eigenvalue weighted by atomic mass is 31.2. The third-order valence-electron chi connectivity index (χ3n) is 8.64. The molecule has 2 nitrogen and oxygen atoms in total. The lowest BCUT2D eigenvalue weighted by atomic mass is 9.98. The average Bonchev–Trinajstić information content (AvgIpc) is 2.70. The van der Waals surface area contributed by atoms with Crippen molar-refractivity contribution in [3.8, 4) is 0 Å². The van der Waals surface area contributed by atoms with E-state index < -0.39 is 18.2 Å². The summed E-state index contributed by atoms with van der Waals surface area (Å²) in [7, 11) is 4.50. The summed E-state index contributed by atoms with van der Waals surface area (Å²) in [5.41, 5.74) is 1.34. The zero-order valence-corrected chi connectivity index (χ0v) is 19.1. The van der Waals surface area contributed by atoms with Gasteiger partial charge in [-0.1, -0.05) is 19.3 Å². The molecule has 0 heterocycles. The number of hydrogen-bond acceptors (Lipinski definition) is 2. The van der Waals surface area contributed by atoms with E-state index in [-0.39, 0.29) is 0 Å². The van der Waals surface area contributed by atoms with Crippen molar-refractivity contribution < 1.29 is 9.76 Å². The highest BCUT2D eigenvalue weighted by Gasteiger charge is 2.71. The predicted molar refractivity (Wildman–Crippen MR) is 119 cm³/mol. The molecule has 0 aliphatic heterocycles. The summed E-state index contributed by atoms with van der Waals surface area (Å²) >= 11 is 0. The van der Waals surface area contributed by atoms with Gasteiger partial charge in [-0.3, -0.25) is 0 Å². The Bertz CT molecular complexity index is 414. The van der Waals surface area contributed by atoms with Gasteiger partial charge in [0.05, 0.1) is 24.2 Å². The molecule has 0 bridgehead atoms. The van der Waals surface area contributed by atoms with Crippen LogP contribution < -0.4 is 0 Å². The Kier molecular flexibility index (Phi) is 7.41. The minimum absolute atomic E-state index is 0.591. The summed E-state index contributed by atoms with van der Waals surface area (Å²) in [6, 6.07) is 0. The molecule has 0 amide bonds. The Morgan fingerprint density at radius 3 is 1.19 bits per heavy atom. The molecule has 1 unspecified atom stereocenters. The largest absolute Gasteiger partial charge is 0.412 e. The summed E-state index contributed by atoms with van der Waals surface area (Å²) in [4.78, 5) is 0. The third kappa shape index (κ3) is 3.92. The maximum Gasteiger partial charge on any atom is 0.288 e. The molecule has 2 radical (unpaired) electrons. The maximum absolute atomic E-state index is 11.5. The molecule has 27 heavy (non-hydrogen) atoms. The zero-order chi connectivity index (χ0) is 19.5. The minimum Gasteiger partial charge on any atom is -0.412 e. The smallest absolute Gasteiger partial charge is 0.288 e. The van der Waals surface area contributed by atoms with Gasteiger partial charge < -0.3 is 9.76 Å². The van der Waals surface area contributed by atoms with Crippen molar-refractivity contribution in [1.29, 1.82) is 0 Å². The fraction of sp³-hybridized carbons (Fsp3) is 1.00. The molecule has 3 saturated carbocycles. The molecule has 0 aromatic rings. The first-order chi connectivity index (χ1) is 12.9. The summed E-state index contributed by atoms with van der Waals surface area (Å²) < 4.78 is 6.03. The molecule has 0 aromatic heterocycles. The molecule has 3 aliphatic rings. The van der Waals surface area contributed by atoms with Crippen LogP contribution in [-0.2, 0) is 4.65 Å². The Hall–Kier alpha value is 0.415. The lowest BCUT2D eigenvalue weighted by Gasteiger charge is -2.59. The lowest BCUT2D eigenvalue weighted by Crippen LogP contribution is -2.58. The Morgan fingerprint density at radius 2 is 0.963 bits per heavy atom. The van der Waals surface area contributed by atoms with Crippen LogP contribution in [0.2, 0.25) is 0 Å². The van der Waals surface area contributed by atoms with E-state index in [0.29, 0.717) is 0 Å². The van der Waals surface area contributed by atoms with Crippen LogP contribution in [0.15, 0.2) is 0 Å². The van der Waals surface area contributed by atoms with Crippen LogP contribution in [0, 0.1) is 0 Å². The van der Waals surface area contributed by atoms with E-state index in [9.17, 15) is 5.11 Å². The Morgan fingerprint density at radius 1 is 0.667 bits per heavy atom. The topological polar surface area (TPSA) is 29.5 Å². The molecule has 3 aliphatic carbocycles. The molecule has 3 fully saturated rings. The Balaban J connectivity index is 2.15. The quantitative estimate of drug-likeness (QED) is 0.407. The van der Waals surface area contributed by atoms with Gasteiger partial charge in [-0.25, -0.2) is 0 Å². The van der Waals surface area contributed by atoms with Gasteiger partial charge in [0, 0.05) is 6.92 Å². The van der Waals surface area contributed by atoms with Crippen LogP contribution in [0.5, 0.6) is 0 Å². The van der Waals surface area contributed by atoms with E-state index in [1.54, 1.807) is 0 Å². The second-order valence-electron chi connectivity index (χ2n) is 10.4. The van der Waals surface area contributed by atoms with Crippen molar-refractivity contribution in [2.24, 2.45) is 0 Å². The molecule has 0 aromatic carbocycles. The van der Waals surface area contributed by atoms with Crippen molar-refractivity contribution in [3.05, 3.63) is 0 Å². The van der Waals surface area contributed by atoms with Crippen molar-refractivity contribution >= 4 is 15.3 Å². The van der Waals surface area contributed by atoms with Crippen molar-refractivity contribution in [1.82, 2.24) is 0 Å². The molecule has 1 atom stereocenters. The number of aliphatic hydroxyl groups is 1. The molecule has 1 N–H and O–H groups in total. The van der Waals surface area contributed by atoms with Crippen LogP contribution in [0.1, 0.15) is 117 Å². The van der Waals surface area contributed by atoms with Gasteiger partial charge in [0.15, 0.2) is 5.34 Å². The van der Waals surface area contributed by atoms with Gasteiger partial charge in [0.25, 0.3) is 8.05 Å². The number of rotatable bonds is 6. The van der Waals surface area contributed by atoms with Gasteiger partial charge in [-0.05, 0) is 90.9 Å². The highest BCUT2D eigenvalue weighted by Crippen LogP contribution is 2.85. The molecule has 154 valence electrons. The highest BCUT2D eigenvalue weighted by molar-refractivity contribution is 7.79. The van der Waals surface area contributed by atoms with Crippen molar-refractivity contribution in [2.75, 3.05) is 0 Å². The zero-order valence-electron chi connectivity index (χ0n) is 18.2. The maximum atomic E-state index is 11.5. The second kappa shape index (κ2) is 9.05. The van der Waals surface area contributed by atoms with Crippen LogP contribution in [0.3, 0.4) is 0 Å². The van der Waals surface area contributed by atoms with Gasteiger partial charge in [-0.2, -0.15) is 0 Å². The fourth-order valence-electron chi connectivity index (χ4n) is 7.17. The lowest BCUT2D eigenvalue weighted by molar-refractivity contribution is -0.0508. The van der Waals surface area contributed by atoms with Gasteiger partial charge in [-0.15, -0.1) is 0 Å². The number of hydrogen-bond donors (Lipinski definition) is 1. The first-order valence-electron chi connectivity index (χ1n) is 11.9. The predicted octanol–water partition coefficient (Wildman–Crippen LogP) is 6.59. The molecule has 0 saturated heterocycles. The van der Waals surface area contributed by atoms with Crippen LogP contribution in [0.4, 0.5) is 0 Å². The molecular formula is C23H43BO2P+. The van der Waals surface area contributed by atoms with E-state index in [1.165, 1.54) is 96.3 Å². The molecule has 0 spiro atoms. The van der Waals surface area contributed by atoms with Crippen LogP contribution in [-0.4, -0.2) is 41.1 Å². The molecule has 3 rings (SSSR count). The monoisotopic (exact) mass is 393 g/mol. The van der Waals surface area contributed by atoms with Crippen molar-refractivity contribution in [2.45, 2.75) is 145 Å². The first kappa shape index (κ1) is 22.1. The SMILES string of the molecule is [B]OC(C)(C(C)(C)O)[P+](C1CCCCC1)(C1CCCCC1)C1CCCCC1. The molecule has 4 heteroatoms. The standard InChI is InChI=1S/C23H43BO2P/c1-22(2,25)23(3,26-24)27(19-13-7-4-8-14-19,20-15-9-5-10-16-20)21-17-11-6-12-18-21/h19-21,25H,4-18H2,1-3H3/q+1. The summed E-state index contributed by atoms with van der Waals surface area (Å²) in [6.07, 6.45) is 20.4. The first-order valence-corrected chi connectivity index (χ1v) is 13.9. The second-order valence-corrected chi connectivity index (χ2v) is 15.1. The minimum atomic E-state index is -1.66. The average molecular weight is 393 g/mol. The van der Waals surface area contributed by atoms with Crippen LogP contribution >= 0.6 is 7.26 Å². The summed E-state index contributed by atoms with van der Waals surface area (Å²) in [5, 5.41) is 10.9. The van der Waals surface area contributed by atoms with E-state index >= 15 is 0 Å². The van der Waals surface area contributed by atoms with E-state index in [0.717, 1.165) is 17.0 Å². The van der Waals surface area contributed by atoms with Gasteiger partial charge >= 0.3 is 0 Å². The third-order valence-corrected chi connectivity index (χ3v) is 15.9. The van der Waals surface area contributed by atoms with E-state index in [4.69, 9.17) is 12.7 Å².